The fourth-order valence-corrected chi connectivity index (χ4v) is 1.95. The van der Waals surface area contributed by atoms with Crippen molar-refractivity contribution >= 4 is 5.91 Å². The Kier molecular flexibility index (Phi) is 4.79. The van der Waals surface area contributed by atoms with E-state index < -0.39 is 5.91 Å². The number of primary amides is 1. The van der Waals surface area contributed by atoms with E-state index in [1.165, 1.54) is 0 Å². The summed E-state index contributed by atoms with van der Waals surface area (Å²) in [6.45, 7) is 0.817. The lowest BCUT2D eigenvalue weighted by Crippen LogP contribution is -2.10. The van der Waals surface area contributed by atoms with Crippen LogP contribution in [-0.2, 0) is 13.2 Å². The number of hydrogen-bond donors (Lipinski definition) is 2. The average molecular weight is 286 g/mol. The van der Waals surface area contributed by atoms with Crippen LogP contribution < -0.4 is 20.9 Å². The number of benzene rings is 2. The normalized spacial score (nSPS) is 10.2. The van der Waals surface area contributed by atoms with E-state index in [9.17, 15) is 4.79 Å². The van der Waals surface area contributed by atoms with Gasteiger partial charge in [0.2, 0.25) is 5.91 Å². The van der Waals surface area contributed by atoms with Crippen LogP contribution in [0.5, 0.6) is 11.5 Å². The van der Waals surface area contributed by atoms with Crippen molar-refractivity contribution in [1.29, 1.82) is 0 Å². The fraction of sp³-hybridized carbons (Fsp3) is 0.188. The molecule has 0 bridgehead atoms. The smallest absolute Gasteiger partial charge is 0.248 e. The van der Waals surface area contributed by atoms with Gasteiger partial charge in [-0.3, -0.25) is 4.79 Å². The summed E-state index contributed by atoms with van der Waals surface area (Å²) in [6, 6.07) is 12.4. The summed E-state index contributed by atoms with van der Waals surface area (Å²) in [4.78, 5) is 11.0. The van der Waals surface area contributed by atoms with Crippen molar-refractivity contribution in [1.82, 2.24) is 0 Å². The molecule has 0 fully saturated rings. The van der Waals surface area contributed by atoms with E-state index in [1.54, 1.807) is 31.4 Å². The zero-order chi connectivity index (χ0) is 15.2. The highest BCUT2D eigenvalue weighted by Crippen LogP contribution is 2.22. The Balaban J connectivity index is 2.10. The maximum atomic E-state index is 11.0. The first-order valence-corrected chi connectivity index (χ1v) is 6.52. The number of amides is 1. The van der Waals surface area contributed by atoms with Gasteiger partial charge in [-0.2, -0.15) is 0 Å². The van der Waals surface area contributed by atoms with Gasteiger partial charge in [-0.05, 0) is 42.0 Å². The Morgan fingerprint density at radius 1 is 1.14 bits per heavy atom. The third kappa shape index (κ3) is 3.73. The second-order valence-corrected chi connectivity index (χ2v) is 4.53. The lowest BCUT2D eigenvalue weighted by atomic mass is 10.1. The molecule has 5 nitrogen and oxygen atoms in total. The molecule has 110 valence electrons. The van der Waals surface area contributed by atoms with E-state index in [-0.39, 0.29) is 0 Å². The third-order valence-electron chi connectivity index (χ3n) is 3.11. The summed E-state index contributed by atoms with van der Waals surface area (Å²) in [5, 5.41) is 0. The zero-order valence-electron chi connectivity index (χ0n) is 11.8. The maximum absolute atomic E-state index is 11.0. The van der Waals surface area contributed by atoms with Crippen LogP contribution in [0.15, 0.2) is 42.5 Å². The number of methoxy groups -OCH3 is 1. The van der Waals surface area contributed by atoms with E-state index >= 15 is 0 Å². The molecule has 0 spiro atoms. The van der Waals surface area contributed by atoms with E-state index in [2.05, 4.69) is 0 Å². The van der Waals surface area contributed by atoms with Gasteiger partial charge in [0, 0.05) is 17.7 Å². The summed E-state index contributed by atoms with van der Waals surface area (Å²) >= 11 is 0. The van der Waals surface area contributed by atoms with Gasteiger partial charge in [-0.25, -0.2) is 0 Å². The quantitative estimate of drug-likeness (QED) is 0.848. The Hall–Kier alpha value is -2.53. The molecule has 0 saturated carbocycles. The highest BCUT2D eigenvalue weighted by molar-refractivity contribution is 5.92. The number of carbonyl (C=O) groups is 1. The van der Waals surface area contributed by atoms with Crippen LogP contribution in [0.4, 0.5) is 0 Å². The van der Waals surface area contributed by atoms with Crippen molar-refractivity contribution < 1.29 is 14.3 Å². The molecule has 0 atom stereocenters. The van der Waals surface area contributed by atoms with Crippen LogP contribution in [0, 0.1) is 0 Å². The Morgan fingerprint density at radius 2 is 1.86 bits per heavy atom. The maximum Gasteiger partial charge on any atom is 0.248 e. The zero-order valence-corrected chi connectivity index (χ0v) is 11.8. The van der Waals surface area contributed by atoms with Gasteiger partial charge in [0.15, 0.2) is 0 Å². The van der Waals surface area contributed by atoms with Crippen LogP contribution in [-0.4, -0.2) is 13.0 Å². The van der Waals surface area contributed by atoms with Crippen molar-refractivity contribution in [3.05, 3.63) is 59.2 Å². The molecule has 2 aromatic rings. The Labute approximate surface area is 123 Å². The first kappa shape index (κ1) is 14.9. The molecule has 0 aliphatic rings. The second-order valence-electron chi connectivity index (χ2n) is 4.53. The van der Waals surface area contributed by atoms with Gasteiger partial charge < -0.3 is 20.9 Å². The first-order valence-electron chi connectivity index (χ1n) is 6.52. The summed E-state index contributed by atoms with van der Waals surface area (Å²) in [7, 11) is 1.61. The molecular formula is C16H18N2O3. The Morgan fingerprint density at radius 3 is 2.43 bits per heavy atom. The summed E-state index contributed by atoms with van der Waals surface area (Å²) in [5.74, 6) is 0.944. The van der Waals surface area contributed by atoms with Gasteiger partial charge >= 0.3 is 0 Å². The van der Waals surface area contributed by atoms with Crippen LogP contribution in [0.25, 0.3) is 0 Å². The van der Waals surface area contributed by atoms with Crippen LogP contribution >= 0.6 is 0 Å². The average Bonchev–Trinajstić information content (AvgIpc) is 2.52. The molecule has 5 heteroatoms. The van der Waals surface area contributed by atoms with E-state index in [0.29, 0.717) is 24.5 Å². The van der Waals surface area contributed by atoms with Crippen LogP contribution in [0.3, 0.4) is 0 Å². The van der Waals surface area contributed by atoms with Gasteiger partial charge in [0.25, 0.3) is 0 Å². The minimum absolute atomic E-state index is 0.354. The summed E-state index contributed by atoms with van der Waals surface area (Å²) < 4.78 is 11.0. The van der Waals surface area contributed by atoms with Crippen molar-refractivity contribution in [2.24, 2.45) is 11.5 Å². The fourth-order valence-electron chi connectivity index (χ4n) is 1.95. The topological polar surface area (TPSA) is 87.6 Å². The lowest BCUT2D eigenvalue weighted by molar-refractivity contribution is 0.100. The molecule has 0 unspecified atom stereocenters. The monoisotopic (exact) mass is 286 g/mol. The lowest BCUT2D eigenvalue weighted by Gasteiger charge is -2.12. The highest BCUT2D eigenvalue weighted by Gasteiger charge is 2.06. The van der Waals surface area contributed by atoms with Gasteiger partial charge in [0.05, 0.1) is 7.11 Å². The Bertz CT molecular complexity index is 624. The first-order chi connectivity index (χ1) is 10.1. The van der Waals surface area contributed by atoms with Crippen molar-refractivity contribution in [2.45, 2.75) is 13.2 Å². The third-order valence-corrected chi connectivity index (χ3v) is 3.11. The molecule has 1 amide bonds. The predicted octanol–water partition coefficient (Wildman–Crippen LogP) is 1.83. The number of carbonyl (C=O) groups excluding carboxylic acids is 1. The molecule has 2 rings (SSSR count). The molecular weight excluding hydrogens is 268 g/mol. The van der Waals surface area contributed by atoms with Gasteiger partial charge in [-0.15, -0.1) is 0 Å². The summed E-state index contributed by atoms with van der Waals surface area (Å²) in [6.07, 6.45) is 0. The highest BCUT2D eigenvalue weighted by atomic mass is 16.5. The van der Waals surface area contributed by atoms with Crippen molar-refractivity contribution in [2.75, 3.05) is 7.11 Å². The van der Waals surface area contributed by atoms with Crippen molar-refractivity contribution in [3.63, 3.8) is 0 Å². The molecule has 0 aromatic heterocycles. The van der Waals surface area contributed by atoms with Gasteiger partial charge in [0.1, 0.15) is 18.1 Å². The largest absolute Gasteiger partial charge is 0.496 e. The molecule has 0 radical (unpaired) electrons. The molecule has 21 heavy (non-hydrogen) atoms. The SMILES string of the molecule is COc1ccc(CN)cc1COc1ccc(C(N)=O)cc1. The van der Waals surface area contributed by atoms with Crippen LogP contribution in [0.1, 0.15) is 21.5 Å². The molecule has 0 saturated heterocycles. The number of hydrogen-bond acceptors (Lipinski definition) is 4. The molecule has 4 N–H and O–H groups in total. The number of ether oxygens (including phenoxy) is 2. The summed E-state index contributed by atoms with van der Waals surface area (Å²) in [5.41, 5.74) is 13.2. The number of rotatable bonds is 6. The minimum Gasteiger partial charge on any atom is -0.496 e. The number of nitrogens with two attached hydrogens (primary N) is 2. The molecule has 2 aromatic carbocycles. The second kappa shape index (κ2) is 6.76. The standard InChI is InChI=1S/C16H18N2O3/c1-20-15-7-2-11(9-17)8-13(15)10-21-14-5-3-12(4-6-14)16(18)19/h2-8H,9-10,17H2,1H3,(H2,18,19). The van der Waals surface area contributed by atoms with Crippen LogP contribution in [0.2, 0.25) is 0 Å². The van der Waals surface area contributed by atoms with Crippen molar-refractivity contribution in [3.8, 4) is 11.5 Å². The molecule has 0 aliphatic heterocycles. The van der Waals surface area contributed by atoms with E-state index in [0.717, 1.165) is 16.9 Å². The predicted molar refractivity (Wildman–Crippen MR) is 80.2 cm³/mol. The molecule has 0 heterocycles. The van der Waals surface area contributed by atoms with E-state index in [1.807, 2.05) is 18.2 Å². The minimum atomic E-state index is -0.459. The molecule has 0 aliphatic carbocycles. The van der Waals surface area contributed by atoms with Gasteiger partial charge in [-0.1, -0.05) is 6.07 Å². The van der Waals surface area contributed by atoms with E-state index in [4.69, 9.17) is 20.9 Å².